The molecule has 0 saturated heterocycles. The molecule has 0 saturated carbocycles. The van der Waals surface area contributed by atoms with Gasteiger partial charge in [-0.25, -0.2) is 0 Å². The molecule has 0 aliphatic heterocycles. The van der Waals surface area contributed by atoms with Crippen LogP contribution in [0.3, 0.4) is 0 Å². The van der Waals surface area contributed by atoms with Crippen molar-refractivity contribution in [2.75, 3.05) is 6.54 Å². The molecule has 0 amide bonds. The minimum atomic E-state index is 0.778. The van der Waals surface area contributed by atoms with Gasteiger partial charge in [-0.3, -0.25) is 4.98 Å². The van der Waals surface area contributed by atoms with E-state index in [0.29, 0.717) is 0 Å². The average molecular weight is 242 g/mol. The van der Waals surface area contributed by atoms with E-state index in [1.807, 2.05) is 42.5 Å². The summed E-state index contributed by atoms with van der Waals surface area (Å²) in [4.78, 5) is 4.31. The van der Waals surface area contributed by atoms with Crippen LogP contribution in [-0.4, -0.2) is 11.5 Å². The second kappa shape index (κ2) is 6.77. The van der Waals surface area contributed by atoms with Crippen molar-refractivity contribution in [1.29, 1.82) is 0 Å². The number of nitrogens with one attached hydrogen (secondary N) is 1. The molecule has 0 unspecified atom stereocenters. The molecule has 3 nitrogen and oxygen atoms in total. The Balaban J connectivity index is 1.99. The van der Waals surface area contributed by atoms with E-state index in [2.05, 4.69) is 17.2 Å². The maximum absolute atomic E-state index is 5.76. The van der Waals surface area contributed by atoms with Gasteiger partial charge < -0.3 is 10.1 Å². The minimum absolute atomic E-state index is 0.778. The van der Waals surface area contributed by atoms with Gasteiger partial charge in [-0.15, -0.1) is 0 Å². The topological polar surface area (TPSA) is 34.1 Å². The van der Waals surface area contributed by atoms with Crippen molar-refractivity contribution >= 4 is 0 Å². The normalized spacial score (nSPS) is 10.3. The fraction of sp³-hybridized carbons (Fsp3) is 0.267. The molecule has 1 N–H and O–H groups in total. The molecular weight excluding hydrogens is 224 g/mol. The SMILES string of the molecule is CCCNCc1cc(Oc2ccccc2)ccn1. The van der Waals surface area contributed by atoms with Gasteiger partial charge in [0.05, 0.1) is 5.69 Å². The summed E-state index contributed by atoms with van der Waals surface area (Å²) in [6.45, 7) is 3.93. The number of ether oxygens (including phenoxy) is 1. The monoisotopic (exact) mass is 242 g/mol. The van der Waals surface area contributed by atoms with Crippen LogP contribution in [0.25, 0.3) is 0 Å². The van der Waals surface area contributed by atoms with E-state index in [0.717, 1.165) is 36.7 Å². The van der Waals surface area contributed by atoms with E-state index in [1.54, 1.807) is 6.20 Å². The molecule has 18 heavy (non-hydrogen) atoms. The number of hydrogen-bond donors (Lipinski definition) is 1. The molecule has 0 radical (unpaired) electrons. The van der Waals surface area contributed by atoms with Crippen LogP contribution >= 0.6 is 0 Å². The zero-order valence-electron chi connectivity index (χ0n) is 10.6. The fourth-order valence-electron chi connectivity index (χ4n) is 1.63. The number of benzene rings is 1. The standard InChI is InChI=1S/C15H18N2O/c1-2-9-16-12-13-11-15(8-10-17-13)18-14-6-4-3-5-7-14/h3-8,10-11,16H,2,9,12H2,1H3. The first-order chi connectivity index (χ1) is 8.88. The lowest BCUT2D eigenvalue weighted by Gasteiger charge is -2.07. The molecule has 3 heteroatoms. The summed E-state index contributed by atoms with van der Waals surface area (Å²) in [6.07, 6.45) is 2.90. The molecule has 0 fully saturated rings. The predicted octanol–water partition coefficient (Wildman–Crippen LogP) is 3.37. The van der Waals surface area contributed by atoms with Crippen molar-refractivity contribution in [2.45, 2.75) is 19.9 Å². The Hall–Kier alpha value is -1.87. The molecule has 0 bridgehead atoms. The molecule has 0 aliphatic carbocycles. The van der Waals surface area contributed by atoms with Crippen LogP contribution in [0.15, 0.2) is 48.7 Å². The highest BCUT2D eigenvalue weighted by Crippen LogP contribution is 2.20. The van der Waals surface area contributed by atoms with Crippen LogP contribution in [0.5, 0.6) is 11.5 Å². The smallest absolute Gasteiger partial charge is 0.130 e. The summed E-state index contributed by atoms with van der Waals surface area (Å²) >= 11 is 0. The molecule has 2 aromatic rings. The summed E-state index contributed by atoms with van der Waals surface area (Å²) in [5, 5.41) is 3.32. The van der Waals surface area contributed by atoms with Crippen molar-refractivity contribution in [3.63, 3.8) is 0 Å². The van der Waals surface area contributed by atoms with Crippen LogP contribution in [0, 0.1) is 0 Å². The predicted molar refractivity (Wildman–Crippen MR) is 72.8 cm³/mol. The van der Waals surface area contributed by atoms with E-state index < -0.39 is 0 Å². The summed E-state index contributed by atoms with van der Waals surface area (Å²) in [5.74, 6) is 1.67. The van der Waals surface area contributed by atoms with Gasteiger partial charge in [0.25, 0.3) is 0 Å². The van der Waals surface area contributed by atoms with Gasteiger partial charge in [-0.1, -0.05) is 25.1 Å². The summed E-state index contributed by atoms with van der Waals surface area (Å²) in [7, 11) is 0. The van der Waals surface area contributed by atoms with E-state index in [-0.39, 0.29) is 0 Å². The molecule has 0 aliphatic rings. The van der Waals surface area contributed by atoms with Crippen LogP contribution in [-0.2, 0) is 6.54 Å². The molecule has 94 valence electrons. The second-order valence-corrected chi connectivity index (χ2v) is 4.07. The van der Waals surface area contributed by atoms with Crippen molar-refractivity contribution < 1.29 is 4.74 Å². The van der Waals surface area contributed by atoms with Gasteiger partial charge in [0.15, 0.2) is 0 Å². The Bertz CT molecular complexity index is 471. The third-order valence-corrected chi connectivity index (χ3v) is 2.50. The van der Waals surface area contributed by atoms with Gasteiger partial charge >= 0.3 is 0 Å². The Morgan fingerprint density at radius 1 is 1.11 bits per heavy atom. The lowest BCUT2D eigenvalue weighted by Crippen LogP contribution is -2.14. The third-order valence-electron chi connectivity index (χ3n) is 2.50. The Kier molecular flexibility index (Phi) is 4.73. The van der Waals surface area contributed by atoms with Crippen molar-refractivity contribution in [3.8, 4) is 11.5 Å². The van der Waals surface area contributed by atoms with Crippen LogP contribution in [0.1, 0.15) is 19.0 Å². The quantitative estimate of drug-likeness (QED) is 0.788. The van der Waals surface area contributed by atoms with Gasteiger partial charge in [-0.2, -0.15) is 0 Å². The Labute approximate surface area is 108 Å². The fourth-order valence-corrected chi connectivity index (χ4v) is 1.63. The molecular formula is C15H18N2O. The molecule has 0 atom stereocenters. The molecule has 1 heterocycles. The summed E-state index contributed by atoms with van der Waals surface area (Å²) < 4.78 is 5.76. The molecule has 2 rings (SSSR count). The number of hydrogen-bond acceptors (Lipinski definition) is 3. The zero-order valence-corrected chi connectivity index (χ0v) is 10.6. The van der Waals surface area contributed by atoms with Crippen molar-refractivity contribution in [2.24, 2.45) is 0 Å². The van der Waals surface area contributed by atoms with E-state index in [1.165, 1.54) is 0 Å². The maximum atomic E-state index is 5.76. The number of pyridine rings is 1. The first-order valence-electron chi connectivity index (χ1n) is 6.27. The first kappa shape index (κ1) is 12.6. The summed E-state index contributed by atoms with van der Waals surface area (Å²) in [5.41, 5.74) is 0.997. The largest absolute Gasteiger partial charge is 0.457 e. The van der Waals surface area contributed by atoms with Gasteiger partial charge in [-0.05, 0) is 31.2 Å². The van der Waals surface area contributed by atoms with Crippen LogP contribution in [0.2, 0.25) is 0 Å². The molecule has 0 spiro atoms. The number of para-hydroxylation sites is 1. The van der Waals surface area contributed by atoms with Gasteiger partial charge in [0, 0.05) is 18.8 Å². The number of rotatable bonds is 6. The van der Waals surface area contributed by atoms with E-state index in [9.17, 15) is 0 Å². The summed E-state index contributed by atoms with van der Waals surface area (Å²) in [6, 6.07) is 13.6. The minimum Gasteiger partial charge on any atom is -0.457 e. The Morgan fingerprint density at radius 2 is 1.94 bits per heavy atom. The zero-order chi connectivity index (χ0) is 12.6. The highest BCUT2D eigenvalue weighted by atomic mass is 16.5. The molecule has 1 aromatic carbocycles. The van der Waals surface area contributed by atoms with E-state index >= 15 is 0 Å². The lowest BCUT2D eigenvalue weighted by atomic mass is 10.3. The van der Waals surface area contributed by atoms with Crippen molar-refractivity contribution in [1.82, 2.24) is 10.3 Å². The van der Waals surface area contributed by atoms with Gasteiger partial charge in [0.2, 0.25) is 0 Å². The van der Waals surface area contributed by atoms with Crippen LogP contribution in [0.4, 0.5) is 0 Å². The third kappa shape index (κ3) is 3.86. The van der Waals surface area contributed by atoms with Gasteiger partial charge in [0.1, 0.15) is 11.5 Å². The van der Waals surface area contributed by atoms with Crippen LogP contribution < -0.4 is 10.1 Å². The lowest BCUT2D eigenvalue weighted by molar-refractivity contribution is 0.480. The highest BCUT2D eigenvalue weighted by Gasteiger charge is 1.99. The van der Waals surface area contributed by atoms with Crippen molar-refractivity contribution in [3.05, 3.63) is 54.4 Å². The number of nitrogens with zero attached hydrogens (tertiary/aromatic N) is 1. The maximum Gasteiger partial charge on any atom is 0.130 e. The molecule has 1 aromatic heterocycles. The number of aromatic nitrogens is 1. The first-order valence-corrected chi connectivity index (χ1v) is 6.27. The Morgan fingerprint density at radius 3 is 2.72 bits per heavy atom. The highest BCUT2D eigenvalue weighted by molar-refractivity contribution is 5.30. The average Bonchev–Trinajstić information content (AvgIpc) is 2.41. The van der Waals surface area contributed by atoms with E-state index in [4.69, 9.17) is 4.74 Å². The second-order valence-electron chi connectivity index (χ2n) is 4.07.